The summed E-state index contributed by atoms with van der Waals surface area (Å²) in [7, 11) is -3.80. The summed E-state index contributed by atoms with van der Waals surface area (Å²) in [4.78, 5) is 12.3. The van der Waals surface area contributed by atoms with Crippen LogP contribution < -0.4 is 5.32 Å². The molecule has 9 heteroatoms. The molecule has 1 fully saturated rings. The van der Waals surface area contributed by atoms with E-state index >= 15 is 0 Å². The van der Waals surface area contributed by atoms with Crippen LogP contribution in [0.2, 0.25) is 5.02 Å². The Balaban J connectivity index is 1.66. The van der Waals surface area contributed by atoms with Crippen LogP contribution in [-0.4, -0.2) is 42.6 Å². The number of hydrogen-bond donors (Lipinski definition) is 1. The van der Waals surface area contributed by atoms with Gasteiger partial charge in [-0.25, -0.2) is 4.39 Å². The second-order valence-electron chi connectivity index (χ2n) is 6.84. The van der Waals surface area contributed by atoms with E-state index in [9.17, 15) is 17.6 Å². The Morgan fingerprint density at radius 1 is 1.11 bits per heavy atom. The molecule has 1 heterocycles. The van der Waals surface area contributed by atoms with Crippen molar-refractivity contribution in [1.29, 1.82) is 0 Å². The molecule has 2 aromatic carbocycles. The van der Waals surface area contributed by atoms with Gasteiger partial charge in [-0.1, -0.05) is 23.7 Å². The third kappa shape index (κ3) is 4.70. The minimum absolute atomic E-state index is 0.0244. The van der Waals surface area contributed by atoms with Gasteiger partial charge in [-0.2, -0.15) is 17.0 Å². The molecule has 1 amide bonds. The summed E-state index contributed by atoms with van der Waals surface area (Å²) in [6.07, 6.45) is 0. The summed E-state index contributed by atoms with van der Waals surface area (Å²) in [6.45, 7) is 4.02. The number of nitrogens with zero attached hydrogens (tertiary/aromatic N) is 2. The lowest BCUT2D eigenvalue weighted by Crippen LogP contribution is -2.37. The smallest absolute Gasteiger partial charge is 0.282 e. The summed E-state index contributed by atoms with van der Waals surface area (Å²) in [5, 5.41) is 2.91. The molecular weight excluding hydrogens is 405 g/mol. The van der Waals surface area contributed by atoms with E-state index in [1.54, 1.807) is 0 Å². The van der Waals surface area contributed by atoms with Crippen molar-refractivity contribution >= 4 is 33.4 Å². The third-order valence-electron chi connectivity index (χ3n) is 4.44. The van der Waals surface area contributed by atoms with E-state index in [1.807, 2.05) is 32.0 Å². The molecule has 0 spiro atoms. The first-order valence-electron chi connectivity index (χ1n) is 8.72. The van der Waals surface area contributed by atoms with Crippen molar-refractivity contribution < 1.29 is 17.6 Å². The summed E-state index contributed by atoms with van der Waals surface area (Å²) in [6, 6.07) is 9.48. The maximum absolute atomic E-state index is 13.2. The van der Waals surface area contributed by atoms with E-state index in [4.69, 9.17) is 11.6 Å². The van der Waals surface area contributed by atoms with Gasteiger partial charge in [-0.3, -0.25) is 4.79 Å². The van der Waals surface area contributed by atoms with Crippen LogP contribution in [0, 0.1) is 19.7 Å². The number of hydrogen-bond acceptors (Lipinski definition) is 3. The molecule has 1 N–H and O–H groups in total. The molecule has 1 aliphatic heterocycles. The van der Waals surface area contributed by atoms with E-state index < -0.39 is 21.9 Å². The van der Waals surface area contributed by atoms with Gasteiger partial charge in [0.05, 0.1) is 6.54 Å². The van der Waals surface area contributed by atoms with Gasteiger partial charge in [0, 0.05) is 30.3 Å². The molecule has 0 radical (unpaired) electrons. The van der Waals surface area contributed by atoms with Gasteiger partial charge in [0.25, 0.3) is 10.2 Å². The zero-order chi connectivity index (χ0) is 20.5. The highest BCUT2D eigenvalue weighted by molar-refractivity contribution is 7.87. The van der Waals surface area contributed by atoms with Gasteiger partial charge in [0.2, 0.25) is 5.91 Å². The van der Waals surface area contributed by atoms with Crippen LogP contribution in [0.4, 0.5) is 10.1 Å². The monoisotopic (exact) mass is 425 g/mol. The van der Waals surface area contributed by atoms with Crippen molar-refractivity contribution in [3.63, 3.8) is 0 Å². The van der Waals surface area contributed by atoms with Crippen molar-refractivity contribution in [2.75, 3.05) is 25.0 Å². The highest BCUT2D eigenvalue weighted by Gasteiger charge is 2.37. The van der Waals surface area contributed by atoms with Crippen LogP contribution >= 0.6 is 11.6 Å². The Bertz CT molecular complexity index is 993. The van der Waals surface area contributed by atoms with E-state index in [0.29, 0.717) is 11.3 Å². The number of nitrogens with one attached hydrogen (secondary N) is 1. The normalized spacial score (nSPS) is 17.0. The minimum atomic E-state index is -3.80. The van der Waals surface area contributed by atoms with Crippen LogP contribution in [0.15, 0.2) is 36.4 Å². The third-order valence-corrected chi connectivity index (χ3v) is 6.72. The minimum Gasteiger partial charge on any atom is -0.325 e. The highest BCUT2D eigenvalue weighted by Crippen LogP contribution is 2.24. The fraction of sp³-hybridized carbons (Fsp3) is 0.316. The fourth-order valence-electron chi connectivity index (χ4n) is 3.19. The zero-order valence-corrected chi connectivity index (χ0v) is 17.1. The summed E-state index contributed by atoms with van der Waals surface area (Å²) in [5.41, 5.74) is 3.15. The van der Waals surface area contributed by atoms with Crippen molar-refractivity contribution in [3.05, 3.63) is 63.9 Å². The van der Waals surface area contributed by atoms with Crippen molar-refractivity contribution in [2.45, 2.75) is 20.4 Å². The molecule has 0 aromatic heterocycles. The van der Waals surface area contributed by atoms with Crippen molar-refractivity contribution in [2.24, 2.45) is 0 Å². The van der Waals surface area contributed by atoms with Gasteiger partial charge >= 0.3 is 0 Å². The zero-order valence-electron chi connectivity index (χ0n) is 15.6. The Labute approximate surface area is 169 Å². The van der Waals surface area contributed by atoms with Crippen LogP contribution in [0.25, 0.3) is 0 Å². The van der Waals surface area contributed by atoms with Gasteiger partial charge in [-0.15, -0.1) is 0 Å². The topological polar surface area (TPSA) is 69.7 Å². The largest absolute Gasteiger partial charge is 0.325 e. The number of carbonyl (C=O) groups excluding carboxylic acids is 1. The SMILES string of the molecule is Cc1cc(C)cc(NC(=O)CN2CCN(Cc3ccc(F)cc3Cl)S2(=O)=O)c1. The number of carbonyl (C=O) groups is 1. The number of benzene rings is 2. The quantitative estimate of drug-likeness (QED) is 0.800. The second-order valence-corrected chi connectivity index (χ2v) is 9.17. The molecule has 0 atom stereocenters. The first kappa shape index (κ1) is 20.7. The van der Waals surface area contributed by atoms with E-state index in [1.165, 1.54) is 16.4 Å². The molecule has 3 rings (SSSR count). The number of halogens is 2. The summed E-state index contributed by atoms with van der Waals surface area (Å²) < 4.78 is 41.0. The average Bonchev–Trinajstić information content (AvgIpc) is 2.83. The molecule has 0 aliphatic carbocycles. The second kappa shape index (κ2) is 8.16. The van der Waals surface area contributed by atoms with Gasteiger partial charge in [0.15, 0.2) is 0 Å². The molecule has 0 saturated carbocycles. The van der Waals surface area contributed by atoms with Gasteiger partial charge in [0.1, 0.15) is 5.82 Å². The van der Waals surface area contributed by atoms with E-state index in [2.05, 4.69) is 5.32 Å². The Morgan fingerprint density at radius 2 is 1.75 bits per heavy atom. The first-order chi connectivity index (χ1) is 13.1. The number of rotatable bonds is 5. The summed E-state index contributed by atoms with van der Waals surface area (Å²) >= 11 is 6.00. The van der Waals surface area contributed by atoms with Crippen molar-refractivity contribution in [3.8, 4) is 0 Å². The Morgan fingerprint density at radius 3 is 2.39 bits per heavy atom. The standard InChI is InChI=1S/C19H21ClFN3O3S/c1-13-7-14(2)9-17(8-13)22-19(25)12-24-6-5-23(28(24,26)27)11-15-3-4-16(21)10-18(15)20/h3-4,7-10H,5-6,11-12H2,1-2H3,(H,22,25). The molecule has 0 unspecified atom stereocenters. The lowest BCUT2D eigenvalue weighted by molar-refractivity contribution is -0.116. The number of anilines is 1. The molecule has 150 valence electrons. The van der Waals surface area contributed by atoms with E-state index in [0.717, 1.165) is 21.5 Å². The molecule has 2 aromatic rings. The Kier molecular flexibility index (Phi) is 6.04. The predicted octanol–water partition coefficient (Wildman–Crippen LogP) is 3.10. The highest BCUT2D eigenvalue weighted by atomic mass is 35.5. The molecule has 6 nitrogen and oxygen atoms in total. The maximum atomic E-state index is 13.2. The first-order valence-corrected chi connectivity index (χ1v) is 10.5. The van der Waals surface area contributed by atoms with Crippen LogP contribution in [0.1, 0.15) is 16.7 Å². The molecule has 28 heavy (non-hydrogen) atoms. The molecule has 1 saturated heterocycles. The van der Waals surface area contributed by atoms with E-state index in [-0.39, 0.29) is 31.2 Å². The maximum Gasteiger partial charge on any atom is 0.282 e. The lowest BCUT2D eigenvalue weighted by Gasteiger charge is -2.19. The lowest BCUT2D eigenvalue weighted by atomic mass is 10.1. The van der Waals surface area contributed by atoms with Gasteiger partial charge in [-0.05, 0) is 54.8 Å². The summed E-state index contributed by atoms with van der Waals surface area (Å²) in [5.74, 6) is -0.891. The van der Waals surface area contributed by atoms with Crippen LogP contribution in [0.5, 0.6) is 0 Å². The van der Waals surface area contributed by atoms with Gasteiger partial charge < -0.3 is 5.32 Å². The van der Waals surface area contributed by atoms with Crippen molar-refractivity contribution in [1.82, 2.24) is 8.61 Å². The Hall–Kier alpha value is -2.00. The molecular formula is C19H21ClFN3O3S. The number of amides is 1. The number of aryl methyl sites for hydroxylation is 2. The molecule has 1 aliphatic rings. The van der Waals surface area contributed by atoms with Crippen LogP contribution in [-0.2, 0) is 21.5 Å². The van der Waals surface area contributed by atoms with Crippen LogP contribution in [0.3, 0.4) is 0 Å². The average molecular weight is 426 g/mol. The molecule has 0 bridgehead atoms. The predicted molar refractivity (Wildman–Crippen MR) is 107 cm³/mol. The fourth-order valence-corrected chi connectivity index (χ4v) is 4.95.